The summed E-state index contributed by atoms with van der Waals surface area (Å²) in [6.07, 6.45) is 0. The normalized spacial score (nSPS) is 11.3. The van der Waals surface area contributed by atoms with Gasteiger partial charge in [0.25, 0.3) is 0 Å². The summed E-state index contributed by atoms with van der Waals surface area (Å²) in [5.41, 5.74) is 0.762. The van der Waals surface area contributed by atoms with Crippen molar-refractivity contribution >= 4 is 11.3 Å². The molecule has 1 N–H and O–H groups in total. The monoisotopic (exact) mass is 209 g/mol. The van der Waals surface area contributed by atoms with E-state index in [1.807, 2.05) is 26.2 Å². The summed E-state index contributed by atoms with van der Waals surface area (Å²) in [6.45, 7) is 7.28. The van der Waals surface area contributed by atoms with E-state index < -0.39 is 0 Å². The Labute approximate surface area is 88.8 Å². The molecule has 3 nitrogen and oxygen atoms in total. The highest BCUT2D eigenvalue weighted by Crippen LogP contribution is 2.12. The highest BCUT2D eigenvalue weighted by atomic mass is 32.1. The van der Waals surface area contributed by atoms with E-state index >= 15 is 0 Å². The van der Waals surface area contributed by atoms with Crippen LogP contribution in [-0.4, -0.2) is 11.5 Å². The van der Waals surface area contributed by atoms with Gasteiger partial charge in [-0.1, -0.05) is 0 Å². The molecule has 0 aliphatic carbocycles. The minimum Gasteiger partial charge on any atom is -0.309 e. The zero-order valence-corrected chi connectivity index (χ0v) is 9.61. The number of nitrogens with one attached hydrogen (secondary N) is 1. The van der Waals surface area contributed by atoms with Gasteiger partial charge in [0.2, 0.25) is 0 Å². The van der Waals surface area contributed by atoms with E-state index in [1.54, 1.807) is 11.3 Å². The predicted molar refractivity (Wildman–Crippen MR) is 58.0 cm³/mol. The Morgan fingerprint density at radius 2 is 2.36 bits per heavy atom. The van der Waals surface area contributed by atoms with Gasteiger partial charge in [-0.05, 0) is 20.8 Å². The number of hydrogen-bond donors (Lipinski definition) is 1. The Kier molecular flexibility index (Phi) is 3.62. The molecule has 1 heterocycles. The lowest BCUT2D eigenvalue weighted by molar-refractivity contribution is 0.444. The molecular weight excluding hydrogens is 194 g/mol. The SMILES string of the molecule is Cc1csc(CNCC(C)(C)C#N)n1. The maximum atomic E-state index is 8.79. The van der Waals surface area contributed by atoms with Crippen LogP contribution in [0.3, 0.4) is 0 Å². The maximum absolute atomic E-state index is 8.79. The number of rotatable bonds is 4. The first-order chi connectivity index (χ1) is 6.53. The van der Waals surface area contributed by atoms with E-state index in [1.165, 1.54) is 0 Å². The second-order valence-electron chi connectivity index (χ2n) is 3.98. The van der Waals surface area contributed by atoms with Crippen molar-refractivity contribution in [3.8, 4) is 6.07 Å². The Morgan fingerprint density at radius 3 is 2.86 bits per heavy atom. The van der Waals surface area contributed by atoms with Crippen LogP contribution in [0.25, 0.3) is 0 Å². The van der Waals surface area contributed by atoms with Crippen LogP contribution in [0.15, 0.2) is 5.38 Å². The average molecular weight is 209 g/mol. The van der Waals surface area contributed by atoms with E-state index in [-0.39, 0.29) is 5.41 Å². The van der Waals surface area contributed by atoms with Crippen molar-refractivity contribution in [1.82, 2.24) is 10.3 Å². The van der Waals surface area contributed by atoms with E-state index in [9.17, 15) is 0 Å². The van der Waals surface area contributed by atoms with Crippen LogP contribution in [-0.2, 0) is 6.54 Å². The topological polar surface area (TPSA) is 48.7 Å². The molecule has 1 aromatic rings. The van der Waals surface area contributed by atoms with E-state index in [2.05, 4.69) is 16.4 Å². The molecule has 76 valence electrons. The third kappa shape index (κ3) is 3.44. The fourth-order valence-electron chi connectivity index (χ4n) is 1.01. The molecule has 0 spiro atoms. The molecule has 0 fully saturated rings. The van der Waals surface area contributed by atoms with Gasteiger partial charge in [-0.25, -0.2) is 4.98 Å². The fraction of sp³-hybridized carbons (Fsp3) is 0.600. The Bertz CT molecular complexity index is 335. The second-order valence-corrected chi connectivity index (χ2v) is 4.92. The molecule has 0 aromatic carbocycles. The van der Waals surface area contributed by atoms with Crippen LogP contribution in [0.1, 0.15) is 24.5 Å². The lowest BCUT2D eigenvalue weighted by atomic mass is 9.96. The summed E-state index contributed by atoms with van der Waals surface area (Å²) in [6, 6.07) is 2.25. The summed E-state index contributed by atoms with van der Waals surface area (Å²) in [4.78, 5) is 4.33. The molecule has 1 rings (SSSR count). The van der Waals surface area contributed by atoms with Crippen molar-refractivity contribution in [3.05, 3.63) is 16.1 Å². The molecule has 0 amide bonds. The van der Waals surface area contributed by atoms with E-state index in [4.69, 9.17) is 5.26 Å². The summed E-state index contributed by atoms with van der Waals surface area (Å²) in [7, 11) is 0. The maximum Gasteiger partial charge on any atom is 0.107 e. The Hall–Kier alpha value is -0.920. The van der Waals surface area contributed by atoms with E-state index in [0.717, 1.165) is 17.2 Å². The fourth-order valence-corrected chi connectivity index (χ4v) is 1.75. The molecule has 0 radical (unpaired) electrons. The summed E-state index contributed by atoms with van der Waals surface area (Å²) in [5.74, 6) is 0. The smallest absolute Gasteiger partial charge is 0.107 e. The first kappa shape index (κ1) is 11.2. The van der Waals surface area contributed by atoms with Crippen molar-refractivity contribution in [2.75, 3.05) is 6.54 Å². The lowest BCUT2D eigenvalue weighted by Crippen LogP contribution is -2.27. The van der Waals surface area contributed by atoms with Gasteiger partial charge in [-0.3, -0.25) is 0 Å². The van der Waals surface area contributed by atoms with Gasteiger partial charge in [-0.15, -0.1) is 11.3 Å². The van der Waals surface area contributed by atoms with Crippen LogP contribution >= 0.6 is 11.3 Å². The number of aryl methyl sites for hydroxylation is 1. The molecule has 0 atom stereocenters. The predicted octanol–water partition coefficient (Wildman–Crippen LogP) is 2.09. The van der Waals surface area contributed by atoms with Crippen molar-refractivity contribution in [1.29, 1.82) is 5.26 Å². The van der Waals surface area contributed by atoms with Gasteiger partial charge in [0, 0.05) is 24.2 Å². The second kappa shape index (κ2) is 4.54. The molecule has 4 heteroatoms. The highest BCUT2D eigenvalue weighted by Gasteiger charge is 2.15. The van der Waals surface area contributed by atoms with Gasteiger partial charge >= 0.3 is 0 Å². The molecule has 0 unspecified atom stereocenters. The molecular formula is C10H15N3S. The van der Waals surface area contributed by atoms with Gasteiger partial charge in [0.1, 0.15) is 5.01 Å². The largest absolute Gasteiger partial charge is 0.309 e. The number of thiazole rings is 1. The Morgan fingerprint density at radius 1 is 1.64 bits per heavy atom. The van der Waals surface area contributed by atoms with Gasteiger partial charge < -0.3 is 5.32 Å². The molecule has 0 saturated carbocycles. The molecule has 0 saturated heterocycles. The zero-order chi connectivity index (χ0) is 10.6. The minimum absolute atomic E-state index is 0.299. The van der Waals surface area contributed by atoms with Crippen molar-refractivity contribution in [2.24, 2.45) is 5.41 Å². The van der Waals surface area contributed by atoms with Crippen LogP contribution in [0.2, 0.25) is 0 Å². The molecule has 1 aromatic heterocycles. The first-order valence-corrected chi connectivity index (χ1v) is 5.44. The average Bonchev–Trinajstić information content (AvgIpc) is 2.51. The van der Waals surface area contributed by atoms with Gasteiger partial charge in [0.15, 0.2) is 0 Å². The highest BCUT2D eigenvalue weighted by molar-refractivity contribution is 7.09. The lowest BCUT2D eigenvalue weighted by Gasteiger charge is -2.14. The number of hydrogen-bond acceptors (Lipinski definition) is 4. The quantitative estimate of drug-likeness (QED) is 0.826. The van der Waals surface area contributed by atoms with Gasteiger partial charge in [0.05, 0.1) is 11.5 Å². The number of aromatic nitrogens is 1. The van der Waals surface area contributed by atoms with Crippen LogP contribution < -0.4 is 5.32 Å². The molecule has 0 aliphatic heterocycles. The number of nitriles is 1. The third-order valence-electron chi connectivity index (χ3n) is 1.81. The van der Waals surface area contributed by atoms with Crippen LogP contribution in [0.4, 0.5) is 0 Å². The molecule has 14 heavy (non-hydrogen) atoms. The summed E-state index contributed by atoms with van der Waals surface area (Å²) < 4.78 is 0. The third-order valence-corrected chi connectivity index (χ3v) is 2.78. The van der Waals surface area contributed by atoms with Gasteiger partial charge in [-0.2, -0.15) is 5.26 Å². The molecule has 0 aliphatic rings. The zero-order valence-electron chi connectivity index (χ0n) is 8.79. The standard InChI is InChI=1S/C10H15N3S/c1-8-5-14-9(13-8)4-12-7-10(2,3)6-11/h5,12H,4,7H2,1-3H3. The van der Waals surface area contributed by atoms with Crippen LogP contribution in [0.5, 0.6) is 0 Å². The van der Waals surface area contributed by atoms with Crippen molar-refractivity contribution in [3.63, 3.8) is 0 Å². The summed E-state index contributed by atoms with van der Waals surface area (Å²) >= 11 is 1.65. The van der Waals surface area contributed by atoms with E-state index in [0.29, 0.717) is 6.54 Å². The summed E-state index contributed by atoms with van der Waals surface area (Å²) in [5, 5.41) is 15.1. The Balaban J connectivity index is 2.33. The van der Waals surface area contributed by atoms with Crippen LogP contribution in [0, 0.1) is 23.7 Å². The molecule has 0 bridgehead atoms. The first-order valence-electron chi connectivity index (χ1n) is 4.56. The number of nitrogens with zero attached hydrogens (tertiary/aromatic N) is 2. The van der Waals surface area contributed by atoms with Crippen molar-refractivity contribution < 1.29 is 0 Å². The van der Waals surface area contributed by atoms with Crippen molar-refractivity contribution in [2.45, 2.75) is 27.3 Å². The minimum atomic E-state index is -0.299.